The molecule has 0 aliphatic carbocycles. The van der Waals surface area contributed by atoms with Crippen molar-refractivity contribution in [3.63, 3.8) is 0 Å². The predicted molar refractivity (Wildman–Crippen MR) is 60.6 cm³/mol. The van der Waals surface area contributed by atoms with Gasteiger partial charge in [-0.2, -0.15) is 0 Å². The van der Waals surface area contributed by atoms with Gasteiger partial charge >= 0.3 is 5.97 Å². The fourth-order valence-corrected chi connectivity index (χ4v) is 1.54. The highest BCUT2D eigenvalue weighted by Crippen LogP contribution is 2.13. The SMILES string of the molecule is CCOC(=O)/C(=C/c1csc(C)n1)N=[N+]=[N-]. The molecule has 0 aromatic carbocycles. The molecule has 0 saturated carbocycles. The minimum atomic E-state index is -0.647. The summed E-state index contributed by atoms with van der Waals surface area (Å²) in [6.45, 7) is 3.76. The van der Waals surface area contributed by atoms with Crippen molar-refractivity contribution >= 4 is 23.4 Å². The molecule has 0 amide bonds. The second-order valence-electron chi connectivity index (χ2n) is 2.73. The number of aromatic nitrogens is 1. The van der Waals surface area contributed by atoms with E-state index in [1.165, 1.54) is 17.4 Å². The summed E-state index contributed by atoms with van der Waals surface area (Å²) >= 11 is 1.45. The van der Waals surface area contributed by atoms with E-state index in [0.29, 0.717) is 5.69 Å². The molecule has 0 saturated heterocycles. The van der Waals surface area contributed by atoms with Gasteiger partial charge in [-0.1, -0.05) is 5.11 Å². The zero-order valence-corrected chi connectivity index (χ0v) is 9.69. The molecule has 16 heavy (non-hydrogen) atoms. The van der Waals surface area contributed by atoms with E-state index in [9.17, 15) is 4.79 Å². The van der Waals surface area contributed by atoms with Crippen LogP contribution >= 0.6 is 11.3 Å². The Morgan fingerprint density at radius 1 is 1.81 bits per heavy atom. The molecule has 0 radical (unpaired) electrons. The number of carbonyl (C=O) groups excluding carboxylic acids is 1. The van der Waals surface area contributed by atoms with Crippen LogP contribution in [0.1, 0.15) is 17.6 Å². The van der Waals surface area contributed by atoms with Crippen molar-refractivity contribution in [2.45, 2.75) is 13.8 Å². The van der Waals surface area contributed by atoms with Gasteiger partial charge in [0.1, 0.15) is 5.70 Å². The first-order valence-corrected chi connectivity index (χ1v) is 5.41. The highest BCUT2D eigenvalue weighted by molar-refractivity contribution is 7.09. The lowest BCUT2D eigenvalue weighted by molar-refractivity contribution is -0.138. The summed E-state index contributed by atoms with van der Waals surface area (Å²) in [6, 6.07) is 0. The molecule has 0 unspecified atom stereocenters. The van der Waals surface area contributed by atoms with E-state index in [1.807, 2.05) is 6.92 Å². The second kappa shape index (κ2) is 5.89. The fourth-order valence-electron chi connectivity index (χ4n) is 0.968. The van der Waals surface area contributed by atoms with E-state index < -0.39 is 5.97 Å². The van der Waals surface area contributed by atoms with Gasteiger partial charge in [-0.3, -0.25) is 0 Å². The first-order valence-electron chi connectivity index (χ1n) is 4.53. The number of carbonyl (C=O) groups is 1. The normalized spacial score (nSPS) is 10.8. The summed E-state index contributed by atoms with van der Waals surface area (Å²) in [5.74, 6) is -0.647. The number of azide groups is 1. The topological polar surface area (TPSA) is 88.0 Å². The highest BCUT2D eigenvalue weighted by Gasteiger charge is 2.09. The average molecular weight is 238 g/mol. The number of aryl methyl sites for hydroxylation is 1. The van der Waals surface area contributed by atoms with Crippen molar-refractivity contribution in [3.8, 4) is 0 Å². The number of ether oxygens (including phenoxy) is 1. The Bertz CT molecular complexity index is 460. The van der Waals surface area contributed by atoms with E-state index >= 15 is 0 Å². The third-order valence-corrected chi connectivity index (χ3v) is 2.35. The lowest BCUT2D eigenvalue weighted by Crippen LogP contribution is -2.05. The van der Waals surface area contributed by atoms with Gasteiger partial charge in [-0.25, -0.2) is 9.78 Å². The van der Waals surface area contributed by atoms with E-state index in [2.05, 4.69) is 15.0 Å². The van der Waals surface area contributed by atoms with Crippen LogP contribution in [0.5, 0.6) is 0 Å². The molecule has 84 valence electrons. The van der Waals surface area contributed by atoms with Crippen molar-refractivity contribution in [2.24, 2.45) is 5.11 Å². The van der Waals surface area contributed by atoms with Crippen molar-refractivity contribution in [3.05, 3.63) is 32.2 Å². The van der Waals surface area contributed by atoms with E-state index in [-0.39, 0.29) is 12.3 Å². The Hall–Kier alpha value is -1.85. The summed E-state index contributed by atoms with van der Waals surface area (Å²) in [7, 11) is 0. The standard InChI is InChI=1S/C9H10N4O2S/c1-3-15-9(14)8(12-13-10)4-7-5-16-6(2)11-7/h4-5H,3H2,1-2H3/b8-4-. The van der Waals surface area contributed by atoms with Crippen LogP contribution in [0.3, 0.4) is 0 Å². The maximum atomic E-state index is 11.4. The average Bonchev–Trinajstić information content (AvgIpc) is 2.64. The molecule has 1 aromatic heterocycles. The van der Waals surface area contributed by atoms with Crippen molar-refractivity contribution < 1.29 is 9.53 Å². The van der Waals surface area contributed by atoms with Crippen LogP contribution in [0.15, 0.2) is 16.2 Å². The molecule has 0 aliphatic heterocycles. The number of thiazole rings is 1. The van der Waals surface area contributed by atoms with Crippen LogP contribution in [0.2, 0.25) is 0 Å². The largest absolute Gasteiger partial charge is 0.462 e. The van der Waals surface area contributed by atoms with Gasteiger partial charge in [0.05, 0.1) is 17.3 Å². The van der Waals surface area contributed by atoms with Crippen LogP contribution in [-0.2, 0) is 9.53 Å². The molecular weight excluding hydrogens is 228 g/mol. The summed E-state index contributed by atoms with van der Waals surface area (Å²) < 4.78 is 4.74. The third-order valence-electron chi connectivity index (χ3n) is 1.56. The Kier molecular flexibility index (Phi) is 4.50. The highest BCUT2D eigenvalue weighted by atomic mass is 32.1. The maximum Gasteiger partial charge on any atom is 0.340 e. The first kappa shape index (κ1) is 12.2. The molecule has 6 nitrogen and oxygen atoms in total. The summed E-state index contributed by atoms with van der Waals surface area (Å²) in [5.41, 5.74) is 8.82. The van der Waals surface area contributed by atoms with Gasteiger partial charge < -0.3 is 4.74 Å². The molecule has 0 spiro atoms. The Morgan fingerprint density at radius 2 is 2.56 bits per heavy atom. The van der Waals surface area contributed by atoms with Gasteiger partial charge in [0.2, 0.25) is 0 Å². The number of rotatable bonds is 4. The van der Waals surface area contributed by atoms with E-state index in [0.717, 1.165) is 5.01 Å². The molecule has 0 fully saturated rings. The number of nitrogens with zero attached hydrogens (tertiary/aromatic N) is 4. The lowest BCUT2D eigenvalue weighted by Gasteiger charge is -1.99. The maximum absolute atomic E-state index is 11.4. The first-order chi connectivity index (χ1) is 7.67. The zero-order valence-electron chi connectivity index (χ0n) is 8.88. The van der Waals surface area contributed by atoms with Crippen LogP contribution in [-0.4, -0.2) is 17.6 Å². The lowest BCUT2D eigenvalue weighted by atomic mass is 10.3. The van der Waals surface area contributed by atoms with Crippen LogP contribution in [0.25, 0.3) is 16.5 Å². The molecule has 0 atom stereocenters. The number of hydrogen-bond acceptors (Lipinski definition) is 5. The Morgan fingerprint density at radius 3 is 3.06 bits per heavy atom. The predicted octanol–water partition coefficient (Wildman–Crippen LogP) is 2.67. The summed E-state index contributed by atoms with van der Waals surface area (Å²) in [4.78, 5) is 18.1. The van der Waals surface area contributed by atoms with Gasteiger partial charge in [-0.05, 0) is 25.5 Å². The third kappa shape index (κ3) is 3.38. The number of esters is 1. The van der Waals surface area contributed by atoms with Crippen LogP contribution < -0.4 is 0 Å². The van der Waals surface area contributed by atoms with Crippen molar-refractivity contribution in [1.29, 1.82) is 0 Å². The molecule has 0 bridgehead atoms. The van der Waals surface area contributed by atoms with E-state index in [4.69, 9.17) is 10.3 Å². The fraction of sp³-hybridized carbons (Fsp3) is 0.333. The van der Waals surface area contributed by atoms with E-state index in [1.54, 1.807) is 12.3 Å². The Labute approximate surface area is 96.2 Å². The minimum absolute atomic E-state index is 0.0883. The monoisotopic (exact) mass is 238 g/mol. The molecule has 7 heteroatoms. The van der Waals surface area contributed by atoms with Gasteiger partial charge in [0.25, 0.3) is 0 Å². The van der Waals surface area contributed by atoms with Crippen LogP contribution in [0.4, 0.5) is 0 Å². The molecule has 1 heterocycles. The number of hydrogen-bond donors (Lipinski definition) is 0. The molecule has 0 aliphatic rings. The Balaban J connectivity index is 2.97. The second-order valence-corrected chi connectivity index (χ2v) is 3.79. The van der Waals surface area contributed by atoms with Gasteiger partial charge in [0.15, 0.2) is 0 Å². The van der Waals surface area contributed by atoms with Gasteiger partial charge in [0, 0.05) is 10.3 Å². The van der Waals surface area contributed by atoms with Gasteiger partial charge in [-0.15, -0.1) is 11.3 Å². The molecule has 1 rings (SSSR count). The van der Waals surface area contributed by atoms with Crippen molar-refractivity contribution in [2.75, 3.05) is 6.61 Å². The summed E-state index contributed by atoms with van der Waals surface area (Å²) in [6.07, 6.45) is 1.40. The minimum Gasteiger partial charge on any atom is -0.462 e. The molecular formula is C9H10N4O2S. The molecule has 0 N–H and O–H groups in total. The van der Waals surface area contributed by atoms with Crippen molar-refractivity contribution in [1.82, 2.24) is 4.98 Å². The zero-order chi connectivity index (χ0) is 12.0. The molecule has 1 aromatic rings. The quantitative estimate of drug-likeness (QED) is 0.265. The summed E-state index contributed by atoms with van der Waals surface area (Å²) in [5, 5.41) is 5.92. The smallest absolute Gasteiger partial charge is 0.340 e. The van der Waals surface area contributed by atoms with Crippen LogP contribution in [0, 0.1) is 6.92 Å².